The molecule has 0 radical (unpaired) electrons. The third-order valence-electron chi connectivity index (χ3n) is 6.25. The van der Waals surface area contributed by atoms with E-state index in [1.54, 1.807) is 13.4 Å². The van der Waals surface area contributed by atoms with E-state index in [-0.39, 0.29) is 5.78 Å². The molecule has 0 aliphatic heterocycles. The molecule has 1 fully saturated rings. The number of aryl methyl sites for hydroxylation is 1. The smallest absolute Gasteiger partial charge is 0.251 e. The predicted molar refractivity (Wildman–Crippen MR) is 120 cm³/mol. The highest BCUT2D eigenvalue weighted by Gasteiger charge is 2.24. The Morgan fingerprint density at radius 2 is 2.10 bits per heavy atom. The molecule has 1 aromatic carbocycles. The number of hydrogen-bond acceptors (Lipinski definition) is 7. The molecule has 1 saturated carbocycles. The predicted octanol–water partition coefficient (Wildman–Crippen LogP) is 3.97. The van der Waals surface area contributed by atoms with E-state index in [0.717, 1.165) is 35.0 Å². The summed E-state index contributed by atoms with van der Waals surface area (Å²) in [6.07, 6.45) is 6.98. The van der Waals surface area contributed by atoms with E-state index in [9.17, 15) is 4.79 Å². The second-order valence-electron chi connectivity index (χ2n) is 8.36. The van der Waals surface area contributed by atoms with Gasteiger partial charge in [0.15, 0.2) is 17.1 Å². The quantitative estimate of drug-likeness (QED) is 0.487. The van der Waals surface area contributed by atoms with Crippen LogP contribution in [0.25, 0.3) is 33.7 Å². The van der Waals surface area contributed by atoms with E-state index in [2.05, 4.69) is 15.3 Å². The summed E-state index contributed by atoms with van der Waals surface area (Å²) >= 11 is 0. The molecule has 5 rings (SSSR count). The van der Waals surface area contributed by atoms with Crippen molar-refractivity contribution in [3.63, 3.8) is 0 Å². The van der Waals surface area contributed by atoms with Gasteiger partial charge in [0.1, 0.15) is 11.0 Å². The second-order valence-corrected chi connectivity index (χ2v) is 8.36. The minimum atomic E-state index is -0.636. The first-order valence-electron chi connectivity index (χ1n) is 10.7. The topological polar surface area (TPSA) is 112 Å². The fourth-order valence-corrected chi connectivity index (χ4v) is 4.55. The molecule has 3 heterocycles. The monoisotopic (exact) mass is 418 g/mol. The Balaban J connectivity index is 1.50. The third kappa shape index (κ3) is 3.46. The fraction of sp³-hybridized carbons (Fsp3) is 0.391. The first kappa shape index (κ1) is 19.7. The molecule has 160 valence electrons. The van der Waals surface area contributed by atoms with E-state index in [1.165, 1.54) is 12.8 Å². The highest BCUT2D eigenvalue weighted by molar-refractivity contribution is 6.03. The highest BCUT2D eigenvalue weighted by atomic mass is 16.4. The van der Waals surface area contributed by atoms with Gasteiger partial charge in [-0.05, 0) is 23.6 Å². The van der Waals surface area contributed by atoms with Crippen molar-refractivity contribution in [2.24, 2.45) is 18.7 Å². The number of hydrogen-bond donors (Lipinski definition) is 2. The van der Waals surface area contributed by atoms with E-state index >= 15 is 0 Å². The third-order valence-corrected chi connectivity index (χ3v) is 6.25. The lowest BCUT2D eigenvalue weighted by molar-refractivity contribution is -0.121. The van der Waals surface area contributed by atoms with Gasteiger partial charge in [0, 0.05) is 26.1 Å². The van der Waals surface area contributed by atoms with Crippen molar-refractivity contribution in [3.8, 4) is 11.5 Å². The number of carbonyl (C=O) groups excluding carboxylic acids is 1. The van der Waals surface area contributed by atoms with Crippen molar-refractivity contribution in [1.29, 1.82) is 0 Å². The molecule has 0 spiro atoms. The van der Waals surface area contributed by atoms with Gasteiger partial charge in [-0.3, -0.25) is 4.79 Å². The van der Waals surface area contributed by atoms with Gasteiger partial charge < -0.3 is 20.0 Å². The van der Waals surface area contributed by atoms with Gasteiger partial charge >= 0.3 is 0 Å². The standard InChI is InChI=1S/C23H26N6O2/c1-25-21-18-20(29(2)12-26-18)19-23(28-21)31-22(27-19)15-9-5-8-14(11-15)17(24)16(30)10-13-6-3-4-7-13/h5,8-9,11-13,17H,3-4,6-7,10,24H2,1-2H3,(H,25,28). The number of benzene rings is 1. The maximum atomic E-state index is 12.7. The first-order chi connectivity index (χ1) is 15.0. The van der Waals surface area contributed by atoms with Gasteiger partial charge in [-0.2, -0.15) is 4.98 Å². The molecule has 8 heteroatoms. The molecule has 1 unspecified atom stereocenters. The lowest BCUT2D eigenvalue weighted by Gasteiger charge is -2.14. The summed E-state index contributed by atoms with van der Waals surface area (Å²) < 4.78 is 7.91. The summed E-state index contributed by atoms with van der Waals surface area (Å²) in [6, 6.07) is 6.93. The summed E-state index contributed by atoms with van der Waals surface area (Å²) in [5.74, 6) is 1.65. The van der Waals surface area contributed by atoms with Crippen molar-refractivity contribution in [2.45, 2.75) is 38.1 Å². The molecule has 1 atom stereocenters. The lowest BCUT2D eigenvalue weighted by atomic mass is 9.93. The number of ketones is 1. The molecular formula is C23H26N6O2. The molecule has 0 saturated heterocycles. The van der Waals surface area contributed by atoms with Gasteiger partial charge in [-0.15, -0.1) is 0 Å². The van der Waals surface area contributed by atoms with Crippen molar-refractivity contribution in [2.75, 3.05) is 12.4 Å². The van der Waals surface area contributed by atoms with Crippen LogP contribution in [0.1, 0.15) is 43.7 Å². The lowest BCUT2D eigenvalue weighted by Crippen LogP contribution is -2.23. The summed E-state index contributed by atoms with van der Waals surface area (Å²) in [4.78, 5) is 26.4. The van der Waals surface area contributed by atoms with E-state index in [4.69, 9.17) is 15.1 Å². The van der Waals surface area contributed by atoms with E-state index in [0.29, 0.717) is 35.3 Å². The zero-order valence-electron chi connectivity index (χ0n) is 17.8. The SMILES string of the molecule is CNc1nc2oc(-c3cccc(C(N)C(=O)CC4CCCC4)c3)nc2c2c1ncn2C. The molecule has 8 nitrogen and oxygen atoms in total. The molecular weight excluding hydrogens is 392 g/mol. The molecule has 1 aliphatic rings. The maximum absolute atomic E-state index is 12.7. The minimum absolute atomic E-state index is 0.0959. The number of nitrogens with two attached hydrogens (primary N) is 1. The number of aromatic nitrogens is 4. The van der Waals surface area contributed by atoms with Crippen LogP contribution >= 0.6 is 0 Å². The normalized spacial score (nSPS) is 15.7. The van der Waals surface area contributed by atoms with Crippen LogP contribution < -0.4 is 11.1 Å². The van der Waals surface area contributed by atoms with Gasteiger partial charge in [-0.25, -0.2) is 9.97 Å². The van der Waals surface area contributed by atoms with Crippen LogP contribution in [0.3, 0.4) is 0 Å². The van der Waals surface area contributed by atoms with E-state index < -0.39 is 6.04 Å². The van der Waals surface area contributed by atoms with Gasteiger partial charge in [0.05, 0.1) is 12.4 Å². The molecule has 0 amide bonds. The van der Waals surface area contributed by atoms with Crippen LogP contribution in [0.2, 0.25) is 0 Å². The number of pyridine rings is 1. The summed E-state index contributed by atoms with van der Waals surface area (Å²) in [5.41, 5.74) is 10.5. The molecule has 4 aromatic rings. The Labute approximate surface area is 179 Å². The average Bonchev–Trinajstić information content (AvgIpc) is 3.52. The molecule has 0 bridgehead atoms. The molecule has 3 N–H and O–H groups in total. The van der Waals surface area contributed by atoms with Gasteiger partial charge in [0.25, 0.3) is 5.71 Å². The fourth-order valence-electron chi connectivity index (χ4n) is 4.55. The molecule has 1 aliphatic carbocycles. The Bertz CT molecular complexity index is 1270. The van der Waals surface area contributed by atoms with Crippen molar-refractivity contribution >= 4 is 33.9 Å². The van der Waals surface area contributed by atoms with Crippen LogP contribution in [-0.2, 0) is 11.8 Å². The van der Waals surface area contributed by atoms with Crippen molar-refractivity contribution in [1.82, 2.24) is 19.5 Å². The Morgan fingerprint density at radius 1 is 1.29 bits per heavy atom. The minimum Gasteiger partial charge on any atom is -0.418 e. The largest absolute Gasteiger partial charge is 0.418 e. The summed E-state index contributed by atoms with van der Waals surface area (Å²) in [5, 5.41) is 3.06. The Kier molecular flexibility index (Phi) is 4.94. The zero-order valence-corrected chi connectivity index (χ0v) is 17.8. The number of nitrogens with zero attached hydrogens (tertiary/aromatic N) is 4. The average molecular weight is 419 g/mol. The van der Waals surface area contributed by atoms with Crippen LogP contribution in [0, 0.1) is 5.92 Å². The summed E-state index contributed by atoms with van der Waals surface area (Å²) in [6.45, 7) is 0. The Morgan fingerprint density at radius 3 is 2.87 bits per heavy atom. The number of Topliss-reactive ketones (excluding diaryl/α,β-unsaturated/α-hetero) is 1. The first-order valence-corrected chi connectivity index (χ1v) is 10.7. The second kappa shape index (κ2) is 7.77. The number of carbonyl (C=O) groups is 1. The highest BCUT2D eigenvalue weighted by Crippen LogP contribution is 2.33. The number of rotatable bonds is 6. The number of nitrogens with one attached hydrogen (secondary N) is 1. The number of fused-ring (bicyclic) bond motifs is 3. The van der Waals surface area contributed by atoms with Gasteiger partial charge in [-0.1, -0.05) is 37.8 Å². The van der Waals surface area contributed by atoms with Crippen LogP contribution in [0.15, 0.2) is 35.0 Å². The number of anilines is 1. The Hall–Kier alpha value is -3.26. The zero-order chi connectivity index (χ0) is 21.5. The maximum Gasteiger partial charge on any atom is 0.251 e. The molecule has 31 heavy (non-hydrogen) atoms. The van der Waals surface area contributed by atoms with Crippen molar-refractivity contribution < 1.29 is 9.21 Å². The summed E-state index contributed by atoms with van der Waals surface area (Å²) in [7, 11) is 3.71. The van der Waals surface area contributed by atoms with E-state index in [1.807, 2.05) is 35.9 Å². The number of imidazole rings is 1. The van der Waals surface area contributed by atoms with Gasteiger partial charge in [0.2, 0.25) is 5.89 Å². The van der Waals surface area contributed by atoms with Crippen LogP contribution in [0.4, 0.5) is 5.82 Å². The molecule has 3 aromatic heterocycles. The van der Waals surface area contributed by atoms with Crippen LogP contribution in [-0.4, -0.2) is 32.3 Å². The van der Waals surface area contributed by atoms with Crippen LogP contribution in [0.5, 0.6) is 0 Å². The van der Waals surface area contributed by atoms with Crippen molar-refractivity contribution in [3.05, 3.63) is 36.2 Å². The number of oxazole rings is 1.